The molecule has 5 nitrogen and oxygen atoms in total. The smallest absolute Gasteiger partial charge is 0.240 e. The van der Waals surface area contributed by atoms with E-state index in [1.807, 2.05) is 18.3 Å². The zero-order chi connectivity index (χ0) is 20.5. The van der Waals surface area contributed by atoms with Crippen molar-refractivity contribution in [2.24, 2.45) is 0 Å². The number of pyridine rings is 2. The van der Waals surface area contributed by atoms with Gasteiger partial charge in [-0.3, -0.25) is 9.97 Å². The van der Waals surface area contributed by atoms with Crippen molar-refractivity contribution >= 4 is 27.8 Å². The fraction of sp³-hybridized carbons (Fsp3) is 0.391. The third kappa shape index (κ3) is 4.15. The summed E-state index contributed by atoms with van der Waals surface area (Å²) in [6.07, 6.45) is 9.80. The van der Waals surface area contributed by atoms with Crippen LogP contribution < -0.4 is 5.32 Å². The maximum absolute atomic E-state index is 12.8. The largest absolute Gasteiger partial charge is 0.382 e. The Morgan fingerprint density at radius 2 is 1.90 bits per heavy atom. The molecule has 0 amide bonds. The molecule has 1 aromatic carbocycles. The zero-order valence-electron chi connectivity index (χ0n) is 16.8. The first-order valence-corrected chi connectivity index (χ1v) is 11.7. The molecule has 2 N–H and O–H groups in total. The van der Waals surface area contributed by atoms with E-state index >= 15 is 0 Å². The van der Waals surface area contributed by atoms with Crippen LogP contribution in [0.5, 0.6) is 0 Å². The predicted octanol–water partition coefficient (Wildman–Crippen LogP) is 4.81. The SMILES string of the molecule is O[S+](C1CC1)N1CCC(Nc2cc(-c3ccc(CF)nc3)cc3ccncc23)CC1. The monoisotopic (exact) mass is 425 g/mol. The Labute approximate surface area is 179 Å². The summed E-state index contributed by atoms with van der Waals surface area (Å²) in [5.74, 6) is 0. The average molecular weight is 426 g/mol. The van der Waals surface area contributed by atoms with Crippen LogP contribution in [0.25, 0.3) is 21.9 Å². The van der Waals surface area contributed by atoms with E-state index in [2.05, 4.69) is 31.7 Å². The summed E-state index contributed by atoms with van der Waals surface area (Å²) in [5.41, 5.74) is 3.53. The number of hydrogen-bond acceptors (Lipinski definition) is 5. The van der Waals surface area contributed by atoms with Crippen LogP contribution in [0.3, 0.4) is 0 Å². The molecule has 7 heteroatoms. The van der Waals surface area contributed by atoms with Crippen LogP contribution >= 0.6 is 0 Å². The number of halogens is 1. The molecule has 156 valence electrons. The maximum Gasteiger partial charge on any atom is 0.240 e. The van der Waals surface area contributed by atoms with E-state index in [1.165, 1.54) is 12.8 Å². The van der Waals surface area contributed by atoms with Crippen molar-refractivity contribution in [3.63, 3.8) is 0 Å². The van der Waals surface area contributed by atoms with E-state index in [9.17, 15) is 8.94 Å². The van der Waals surface area contributed by atoms with Gasteiger partial charge in [0.15, 0.2) is 5.25 Å². The lowest BCUT2D eigenvalue weighted by Gasteiger charge is -2.29. The molecule has 0 spiro atoms. The van der Waals surface area contributed by atoms with Crippen LogP contribution in [-0.4, -0.2) is 43.2 Å². The second-order valence-electron chi connectivity index (χ2n) is 8.13. The van der Waals surface area contributed by atoms with Crippen molar-refractivity contribution in [3.8, 4) is 11.1 Å². The van der Waals surface area contributed by atoms with Gasteiger partial charge in [0.25, 0.3) is 0 Å². The number of nitrogens with one attached hydrogen (secondary N) is 1. The van der Waals surface area contributed by atoms with Crippen LogP contribution in [0.2, 0.25) is 0 Å². The van der Waals surface area contributed by atoms with Crippen LogP contribution in [0, 0.1) is 0 Å². The molecule has 0 bridgehead atoms. The van der Waals surface area contributed by atoms with Crippen LogP contribution in [0.1, 0.15) is 31.4 Å². The molecule has 1 unspecified atom stereocenters. The number of piperidine rings is 1. The van der Waals surface area contributed by atoms with E-state index in [1.54, 1.807) is 18.5 Å². The van der Waals surface area contributed by atoms with Crippen molar-refractivity contribution in [2.45, 2.75) is 43.6 Å². The zero-order valence-corrected chi connectivity index (χ0v) is 17.6. The Morgan fingerprint density at radius 1 is 1.07 bits per heavy atom. The molecule has 3 heterocycles. The number of rotatable bonds is 6. The Balaban J connectivity index is 1.37. The van der Waals surface area contributed by atoms with Gasteiger partial charge in [-0.15, -0.1) is 0 Å². The van der Waals surface area contributed by atoms with Crippen molar-refractivity contribution in [1.82, 2.24) is 14.3 Å². The number of alkyl halides is 1. The minimum Gasteiger partial charge on any atom is -0.382 e. The molecular formula is C23H26FN4OS+. The van der Waals surface area contributed by atoms with Crippen molar-refractivity contribution < 1.29 is 8.94 Å². The highest BCUT2D eigenvalue weighted by molar-refractivity contribution is 7.90. The van der Waals surface area contributed by atoms with Crippen LogP contribution in [0.4, 0.5) is 10.1 Å². The summed E-state index contributed by atoms with van der Waals surface area (Å²) in [6, 6.07) is 10.3. The lowest BCUT2D eigenvalue weighted by atomic mass is 10.00. The fourth-order valence-corrected chi connectivity index (χ4v) is 5.62. The minimum absolute atomic E-state index is 0.364. The quantitative estimate of drug-likeness (QED) is 0.555. The number of anilines is 1. The highest BCUT2D eigenvalue weighted by atomic mass is 32.2. The number of nitrogens with zero attached hydrogens (tertiary/aromatic N) is 3. The van der Waals surface area contributed by atoms with E-state index in [0.29, 0.717) is 17.0 Å². The topological polar surface area (TPSA) is 61.3 Å². The maximum atomic E-state index is 12.8. The minimum atomic E-state index is -0.550. The van der Waals surface area contributed by atoms with Gasteiger partial charge in [0.2, 0.25) is 11.4 Å². The van der Waals surface area contributed by atoms with Crippen molar-refractivity contribution in [3.05, 3.63) is 54.6 Å². The number of benzene rings is 1. The van der Waals surface area contributed by atoms with Gasteiger partial charge in [-0.2, -0.15) is 4.55 Å². The van der Waals surface area contributed by atoms with E-state index in [4.69, 9.17) is 0 Å². The van der Waals surface area contributed by atoms with E-state index < -0.39 is 18.0 Å². The summed E-state index contributed by atoms with van der Waals surface area (Å²) in [4.78, 5) is 8.53. The molecule has 30 heavy (non-hydrogen) atoms. The van der Waals surface area contributed by atoms with E-state index in [-0.39, 0.29) is 0 Å². The third-order valence-corrected chi connectivity index (χ3v) is 7.91. The summed E-state index contributed by atoms with van der Waals surface area (Å²) < 4.78 is 25.5. The Kier molecular flexibility index (Phi) is 5.58. The summed E-state index contributed by atoms with van der Waals surface area (Å²) in [7, 11) is 0. The van der Waals surface area contributed by atoms with Gasteiger partial charge in [-0.05, 0) is 48.1 Å². The first kappa shape index (κ1) is 19.7. The molecule has 2 fully saturated rings. The second-order valence-corrected chi connectivity index (χ2v) is 9.90. The third-order valence-electron chi connectivity index (χ3n) is 5.95. The first-order chi connectivity index (χ1) is 14.7. The van der Waals surface area contributed by atoms with Gasteiger partial charge in [0.05, 0.1) is 5.69 Å². The molecule has 1 saturated carbocycles. The average Bonchev–Trinajstić information content (AvgIpc) is 3.65. The highest BCUT2D eigenvalue weighted by Crippen LogP contribution is 2.34. The van der Waals surface area contributed by atoms with Crippen LogP contribution in [0.15, 0.2) is 48.9 Å². The molecule has 1 aliphatic heterocycles. The van der Waals surface area contributed by atoms with Gasteiger partial charge < -0.3 is 5.32 Å². The molecule has 1 aliphatic carbocycles. The predicted molar refractivity (Wildman–Crippen MR) is 121 cm³/mol. The summed E-state index contributed by atoms with van der Waals surface area (Å²) in [6.45, 7) is 1.31. The molecule has 1 atom stereocenters. The van der Waals surface area contributed by atoms with Gasteiger partial charge in [0, 0.05) is 67.2 Å². The normalized spacial score (nSPS) is 19.1. The molecule has 2 aliphatic rings. The highest BCUT2D eigenvalue weighted by Gasteiger charge is 2.46. The molecule has 3 aromatic rings. The van der Waals surface area contributed by atoms with Crippen molar-refractivity contribution in [2.75, 3.05) is 18.4 Å². The molecule has 5 rings (SSSR count). The van der Waals surface area contributed by atoms with Crippen molar-refractivity contribution in [1.29, 1.82) is 0 Å². The molecular weight excluding hydrogens is 399 g/mol. The molecule has 1 saturated heterocycles. The lowest BCUT2D eigenvalue weighted by Crippen LogP contribution is -2.43. The van der Waals surface area contributed by atoms with Gasteiger partial charge in [-0.1, -0.05) is 10.4 Å². The fourth-order valence-electron chi connectivity index (χ4n) is 4.06. The van der Waals surface area contributed by atoms with Gasteiger partial charge >= 0.3 is 0 Å². The summed E-state index contributed by atoms with van der Waals surface area (Å²) in [5, 5.41) is 6.46. The summed E-state index contributed by atoms with van der Waals surface area (Å²) >= 11 is -0.550. The Morgan fingerprint density at radius 3 is 2.60 bits per heavy atom. The van der Waals surface area contributed by atoms with Gasteiger partial charge in [-0.25, -0.2) is 4.39 Å². The standard InChI is InChI=1S/C23H26FN4OS/c24-13-20-2-1-17(14-26-20)18-11-16-5-8-25-15-22(16)23(12-18)27-19-6-9-28(10-7-19)30(29)21-3-4-21/h1-2,5,8,11-12,14-15,19,21,27,29H,3-4,6-7,9-10,13H2/q+1. The molecule has 0 radical (unpaired) electrons. The number of aromatic nitrogens is 2. The lowest BCUT2D eigenvalue weighted by molar-refractivity contribution is 0.333. The number of hydrogen-bond donors (Lipinski definition) is 2. The van der Waals surface area contributed by atoms with Gasteiger partial charge in [0.1, 0.15) is 6.67 Å². The Hall–Kier alpha value is -2.22. The van der Waals surface area contributed by atoms with Crippen LogP contribution in [-0.2, 0) is 18.0 Å². The number of fused-ring (bicyclic) bond motifs is 1. The van der Waals surface area contributed by atoms with E-state index in [0.717, 1.165) is 53.5 Å². The molecule has 2 aromatic heterocycles. The Bertz CT molecular complexity index is 1020. The second kappa shape index (κ2) is 8.49. The first-order valence-electron chi connectivity index (χ1n) is 10.5.